The molecule has 1 aliphatic carbocycles. The van der Waals surface area contributed by atoms with Crippen molar-refractivity contribution < 1.29 is 23.7 Å². The summed E-state index contributed by atoms with van der Waals surface area (Å²) in [5.74, 6) is 2.04. The molecule has 4 aliphatic heterocycles. The first-order valence-electron chi connectivity index (χ1n) is 21.9. The van der Waals surface area contributed by atoms with Gasteiger partial charge in [0, 0.05) is 75.7 Å². The maximum Gasteiger partial charge on any atom is 0.227 e. The van der Waals surface area contributed by atoms with Gasteiger partial charge in [-0.3, -0.25) is 4.79 Å². The van der Waals surface area contributed by atoms with Crippen molar-refractivity contribution in [1.29, 1.82) is 0 Å². The van der Waals surface area contributed by atoms with Gasteiger partial charge in [-0.05, 0) is 138 Å². The lowest BCUT2D eigenvalue weighted by Crippen LogP contribution is -2.46. The summed E-state index contributed by atoms with van der Waals surface area (Å²) in [4.78, 5) is 22.1. The molecular weight excluding hydrogens is 715 g/mol. The second-order valence-corrected chi connectivity index (χ2v) is 16.9. The van der Waals surface area contributed by atoms with Crippen molar-refractivity contribution in [2.75, 3.05) is 71.1 Å². The molecule has 3 aromatic carbocycles. The van der Waals surface area contributed by atoms with Crippen molar-refractivity contribution >= 4 is 22.6 Å². The normalized spacial score (nSPS) is 21.1. The van der Waals surface area contributed by atoms with E-state index in [1.165, 1.54) is 56.3 Å². The Bertz CT molecular complexity index is 1820. The van der Waals surface area contributed by atoms with E-state index < -0.39 is 0 Å². The van der Waals surface area contributed by atoms with Crippen LogP contribution in [0.2, 0.25) is 0 Å². The van der Waals surface area contributed by atoms with E-state index in [0.717, 1.165) is 120 Å². The molecule has 1 N–H and O–H groups in total. The van der Waals surface area contributed by atoms with Gasteiger partial charge in [-0.1, -0.05) is 30.7 Å². The molecule has 5 heterocycles. The SMILES string of the molecule is O=C(Nc1ccc(OC2CCN(C3CCC3)CC2)cc1)C1CCOCC1.c1ccc2c(c1)ncn2CC1(c2ccc(OCCCN3CCCC3)cc2)CCOCC1. The Labute approximate surface area is 339 Å². The quantitative estimate of drug-likeness (QED) is 0.136. The molecule has 10 heteroatoms. The van der Waals surface area contributed by atoms with Crippen molar-refractivity contribution in [3.8, 4) is 11.5 Å². The molecule has 0 spiro atoms. The number of anilines is 1. The van der Waals surface area contributed by atoms with Crippen LogP contribution in [0.1, 0.15) is 82.6 Å². The van der Waals surface area contributed by atoms with Gasteiger partial charge in [0.1, 0.15) is 17.6 Å². The van der Waals surface area contributed by atoms with Crippen LogP contribution in [0.5, 0.6) is 11.5 Å². The number of nitrogens with one attached hydrogen (secondary N) is 1. The summed E-state index contributed by atoms with van der Waals surface area (Å²) < 4.78 is 25.6. The monoisotopic (exact) mass is 777 g/mol. The van der Waals surface area contributed by atoms with Crippen molar-refractivity contribution in [3.63, 3.8) is 0 Å². The van der Waals surface area contributed by atoms with Crippen LogP contribution in [0.25, 0.3) is 11.0 Å². The number of hydrogen-bond donors (Lipinski definition) is 1. The average molecular weight is 778 g/mol. The molecule has 1 saturated carbocycles. The van der Waals surface area contributed by atoms with E-state index >= 15 is 0 Å². The maximum absolute atomic E-state index is 12.3. The molecule has 1 aromatic heterocycles. The van der Waals surface area contributed by atoms with E-state index in [0.29, 0.717) is 19.3 Å². The van der Waals surface area contributed by atoms with Crippen molar-refractivity contribution in [3.05, 3.63) is 84.7 Å². The average Bonchev–Trinajstić information content (AvgIpc) is 3.92. The van der Waals surface area contributed by atoms with Gasteiger partial charge in [0.15, 0.2) is 0 Å². The zero-order chi connectivity index (χ0) is 38.7. The fraction of sp³-hybridized carbons (Fsp3) is 0.574. The summed E-state index contributed by atoms with van der Waals surface area (Å²) in [7, 11) is 0. The lowest BCUT2D eigenvalue weighted by molar-refractivity contribution is -0.122. The first kappa shape index (κ1) is 39.8. The zero-order valence-corrected chi connectivity index (χ0v) is 33.8. The highest BCUT2D eigenvalue weighted by molar-refractivity contribution is 5.92. The number of carbonyl (C=O) groups is 1. The van der Waals surface area contributed by atoms with Crippen LogP contribution in [-0.2, 0) is 26.2 Å². The summed E-state index contributed by atoms with van der Waals surface area (Å²) in [6.07, 6.45) is 16.2. The van der Waals surface area contributed by atoms with E-state index in [4.69, 9.17) is 18.9 Å². The van der Waals surface area contributed by atoms with Gasteiger partial charge in [-0.15, -0.1) is 0 Å². The predicted molar refractivity (Wildman–Crippen MR) is 225 cm³/mol. The lowest BCUT2D eigenvalue weighted by Gasteiger charge is -2.41. The van der Waals surface area contributed by atoms with Gasteiger partial charge < -0.3 is 38.6 Å². The molecule has 0 radical (unpaired) electrons. The minimum Gasteiger partial charge on any atom is -0.494 e. The number of ether oxygens (including phenoxy) is 4. The Kier molecular flexibility index (Phi) is 13.7. The number of amides is 1. The molecule has 5 aliphatic rings. The summed E-state index contributed by atoms with van der Waals surface area (Å²) in [6.45, 7) is 10.7. The smallest absolute Gasteiger partial charge is 0.227 e. The second-order valence-electron chi connectivity index (χ2n) is 16.9. The van der Waals surface area contributed by atoms with Crippen LogP contribution in [0.3, 0.4) is 0 Å². The van der Waals surface area contributed by atoms with Crippen LogP contribution in [0, 0.1) is 5.92 Å². The molecular formula is C47H63N5O5. The third-order valence-electron chi connectivity index (χ3n) is 13.1. The number of piperidine rings is 1. The van der Waals surface area contributed by atoms with E-state index in [2.05, 4.69) is 67.1 Å². The number of likely N-dealkylation sites (tertiary alicyclic amines) is 2. The fourth-order valence-electron chi connectivity index (χ4n) is 9.28. The van der Waals surface area contributed by atoms with Gasteiger partial charge in [0.2, 0.25) is 5.91 Å². The molecule has 10 nitrogen and oxygen atoms in total. The lowest BCUT2D eigenvalue weighted by atomic mass is 9.74. The molecule has 4 aromatic rings. The number of carbonyl (C=O) groups excluding carboxylic acids is 1. The zero-order valence-electron chi connectivity index (χ0n) is 33.8. The Morgan fingerprint density at radius 1 is 0.772 bits per heavy atom. The van der Waals surface area contributed by atoms with Gasteiger partial charge in [0.25, 0.3) is 0 Å². The minimum absolute atomic E-state index is 0.0655. The number of rotatable bonds is 13. The van der Waals surface area contributed by atoms with Crippen LogP contribution in [0.4, 0.5) is 5.69 Å². The summed E-state index contributed by atoms with van der Waals surface area (Å²) in [6, 6.07) is 25.9. The number of imidazole rings is 1. The second kappa shape index (κ2) is 19.7. The van der Waals surface area contributed by atoms with Gasteiger partial charge in [-0.25, -0.2) is 4.98 Å². The fourth-order valence-corrected chi connectivity index (χ4v) is 9.28. The number of para-hydroxylation sites is 2. The Morgan fingerprint density at radius 3 is 2.19 bits per heavy atom. The topological polar surface area (TPSA) is 90.3 Å². The number of benzene rings is 3. The molecule has 0 bridgehead atoms. The highest BCUT2D eigenvalue weighted by Crippen LogP contribution is 2.38. The van der Waals surface area contributed by atoms with Crippen LogP contribution in [-0.4, -0.2) is 103 Å². The maximum atomic E-state index is 12.3. The van der Waals surface area contributed by atoms with Crippen LogP contribution < -0.4 is 14.8 Å². The van der Waals surface area contributed by atoms with E-state index in [1.54, 1.807) is 0 Å². The summed E-state index contributed by atoms with van der Waals surface area (Å²) in [5.41, 5.74) is 4.54. The first-order valence-corrected chi connectivity index (χ1v) is 21.9. The molecule has 0 unspecified atom stereocenters. The minimum atomic E-state index is 0.0655. The Morgan fingerprint density at radius 2 is 1.47 bits per heavy atom. The Hall–Kier alpha value is -3.96. The van der Waals surface area contributed by atoms with E-state index in [1.807, 2.05) is 36.7 Å². The third kappa shape index (κ3) is 10.6. The molecule has 9 rings (SSSR count). The molecule has 4 saturated heterocycles. The van der Waals surface area contributed by atoms with Crippen molar-refractivity contribution in [2.24, 2.45) is 5.92 Å². The van der Waals surface area contributed by atoms with Gasteiger partial charge >= 0.3 is 0 Å². The van der Waals surface area contributed by atoms with Crippen LogP contribution in [0.15, 0.2) is 79.1 Å². The van der Waals surface area contributed by atoms with Gasteiger partial charge in [-0.2, -0.15) is 0 Å². The molecule has 5 fully saturated rings. The highest BCUT2D eigenvalue weighted by Gasteiger charge is 2.35. The largest absolute Gasteiger partial charge is 0.494 e. The number of fused-ring (bicyclic) bond motifs is 1. The summed E-state index contributed by atoms with van der Waals surface area (Å²) >= 11 is 0. The number of hydrogen-bond acceptors (Lipinski definition) is 8. The summed E-state index contributed by atoms with van der Waals surface area (Å²) in [5, 5.41) is 3.02. The standard InChI is InChI=1S/C26H33N3O2.C21H30N2O3/c1-2-7-25-24(6-1)27-21-29(25)20-26(12-18-30-19-13-26)22-8-10-23(11-9-22)31-17-5-16-28-14-3-4-15-28;24-21(16-10-14-25-15-11-16)22-17-4-6-19(7-5-17)26-20-8-12-23(13-9-20)18-2-1-3-18/h1-2,6-11,21H,3-5,12-20H2;4-7,16,18,20H,1-3,8-15H2,(H,22,24). The molecule has 57 heavy (non-hydrogen) atoms. The first-order chi connectivity index (χ1) is 28.1. The number of nitrogens with zero attached hydrogens (tertiary/aromatic N) is 4. The highest BCUT2D eigenvalue weighted by atomic mass is 16.5. The number of aromatic nitrogens is 2. The van der Waals surface area contributed by atoms with E-state index in [-0.39, 0.29) is 17.2 Å². The van der Waals surface area contributed by atoms with Gasteiger partial charge in [0.05, 0.1) is 24.0 Å². The van der Waals surface area contributed by atoms with Crippen LogP contribution >= 0.6 is 0 Å². The van der Waals surface area contributed by atoms with E-state index in [9.17, 15) is 4.79 Å². The third-order valence-corrected chi connectivity index (χ3v) is 13.1. The molecule has 306 valence electrons. The van der Waals surface area contributed by atoms with Crippen molar-refractivity contribution in [2.45, 2.75) is 101 Å². The molecule has 0 atom stereocenters. The predicted octanol–water partition coefficient (Wildman–Crippen LogP) is 8.10. The Balaban J connectivity index is 0.000000162. The van der Waals surface area contributed by atoms with Crippen molar-refractivity contribution in [1.82, 2.24) is 19.4 Å². The molecule has 1 amide bonds.